The first-order valence-electron chi connectivity index (χ1n) is 24.7. The fraction of sp³-hybridized carbons (Fsp3) is 0.190. The predicted octanol–water partition coefficient (Wildman–Crippen LogP) is 20.1. The van der Waals surface area contributed by atoms with E-state index in [0.717, 1.165) is 27.8 Å². The van der Waals surface area contributed by atoms with Gasteiger partial charge in [0.25, 0.3) is 0 Å². The molecule has 6 heterocycles. The van der Waals surface area contributed by atoms with Crippen LogP contribution in [-0.2, 0) is 21.0 Å². The van der Waals surface area contributed by atoms with E-state index in [4.69, 9.17) is 89.0 Å². The molecule has 0 fully saturated rings. The quantitative estimate of drug-likeness (QED) is 0.168. The first kappa shape index (κ1) is 51.8. The van der Waals surface area contributed by atoms with Crippen molar-refractivity contribution in [1.29, 1.82) is 0 Å². The molecule has 11 rings (SSSR count). The lowest BCUT2D eigenvalue weighted by atomic mass is 9.70. The average molecular weight is 1120 g/mol. The second-order valence-corrected chi connectivity index (χ2v) is 24.3. The van der Waals surface area contributed by atoms with E-state index in [9.17, 15) is 4.79 Å². The topological polar surface area (TPSA) is 92.9 Å². The van der Waals surface area contributed by atoms with E-state index in [1.165, 1.54) is 7.11 Å². The molecular formula is C63H50Cl6N4O3. The van der Waals surface area contributed by atoms with Gasteiger partial charge in [0.2, 0.25) is 0 Å². The van der Waals surface area contributed by atoms with Gasteiger partial charge in [-0.15, -0.1) is 0 Å². The zero-order chi connectivity index (χ0) is 53.9. The molecule has 3 aliphatic heterocycles. The van der Waals surface area contributed by atoms with Crippen molar-refractivity contribution < 1.29 is 14.3 Å². The van der Waals surface area contributed by atoms with Gasteiger partial charge in [-0.05, 0) is 119 Å². The molecule has 0 atom stereocenters. The van der Waals surface area contributed by atoms with Gasteiger partial charge in [-0.25, -0.2) is 14.8 Å². The summed E-state index contributed by atoms with van der Waals surface area (Å²) in [6.07, 6.45) is 7.84. The molecule has 7 nitrogen and oxygen atoms in total. The van der Waals surface area contributed by atoms with Gasteiger partial charge >= 0.3 is 5.97 Å². The highest BCUT2D eigenvalue weighted by Crippen LogP contribution is 2.56. The van der Waals surface area contributed by atoms with E-state index in [1.807, 2.05) is 91.0 Å². The third-order valence-electron chi connectivity index (χ3n) is 14.5. The molecule has 5 aromatic carbocycles. The van der Waals surface area contributed by atoms with Crippen LogP contribution < -0.4 is 4.74 Å². The Morgan fingerprint density at radius 3 is 1.20 bits per heavy atom. The molecule has 0 amide bonds. The van der Waals surface area contributed by atoms with Gasteiger partial charge in [0.15, 0.2) is 0 Å². The number of nitrogens with one attached hydrogen (secondary N) is 2. The van der Waals surface area contributed by atoms with Gasteiger partial charge in [0.1, 0.15) is 17.1 Å². The van der Waals surface area contributed by atoms with E-state index in [0.29, 0.717) is 131 Å². The van der Waals surface area contributed by atoms with Crippen molar-refractivity contribution in [3.05, 3.63) is 184 Å². The summed E-state index contributed by atoms with van der Waals surface area (Å²) in [6, 6.07) is 32.7. The van der Waals surface area contributed by atoms with E-state index < -0.39 is 11.4 Å². The maximum atomic E-state index is 14.0. The summed E-state index contributed by atoms with van der Waals surface area (Å²) in [5.41, 5.74) is 13.0. The molecule has 8 aromatic rings. The van der Waals surface area contributed by atoms with Crippen LogP contribution in [0.4, 0.5) is 0 Å². The fourth-order valence-electron chi connectivity index (χ4n) is 10.5. The van der Waals surface area contributed by atoms with Crippen molar-refractivity contribution in [2.75, 3.05) is 7.11 Å². The van der Waals surface area contributed by atoms with E-state index in [1.54, 1.807) is 18.2 Å². The van der Waals surface area contributed by atoms with Crippen LogP contribution in [0.5, 0.6) is 11.5 Å². The number of ether oxygens (including phenoxy) is 2. The maximum Gasteiger partial charge on any atom is 0.341 e. The van der Waals surface area contributed by atoms with Crippen molar-refractivity contribution in [2.24, 2.45) is 0 Å². The lowest BCUT2D eigenvalue weighted by Gasteiger charge is -2.39. The minimum Gasteiger partial charge on any atom is -0.465 e. The van der Waals surface area contributed by atoms with Gasteiger partial charge in [-0.1, -0.05) is 155 Å². The Morgan fingerprint density at radius 2 is 0.829 bits per heavy atom. The summed E-state index contributed by atoms with van der Waals surface area (Å²) >= 11 is 42.9. The van der Waals surface area contributed by atoms with Crippen LogP contribution in [0.2, 0.25) is 30.1 Å². The summed E-state index contributed by atoms with van der Waals surface area (Å²) in [5, 5.41) is 2.56. The standard InChI is InChI=1S/C63H50Cl6N4O3/c1-61(2,3)31-27-33(58-35(29-31)63(7,8)36-30-32(62(4,5)6)28-34(59(36)76-58)60(74)75-9)51-43-19-21-45(70-43)55(52-37(64)13-10-14-38(52)65)47-23-25-49(72-47)57(54-41(68)17-12-18-42(54)69)50-26-24-48(73-50)56(46-22-20-44(51)71-46)53-39(66)15-11-16-40(53)67/h10-30,70,73H,1-9H3. The SMILES string of the molecule is COC(=O)c1cc(C(C)(C)C)cc2c1Oc1c(-c3c4nc(c(-c5c(Cl)cccc5Cl)c5ccc([nH]5)c(-c5c(Cl)cccc5Cl)c5nc(c(-c6c(Cl)cccc6Cl)c6ccc3[nH]6)C=C5)C=C4)cc(C(C)(C)C)cc1C2(C)C. The van der Waals surface area contributed by atoms with Gasteiger partial charge in [0, 0.05) is 83.1 Å². The zero-order valence-corrected chi connectivity index (χ0v) is 47.5. The molecule has 8 bridgehead atoms. The number of hydrogen-bond donors (Lipinski definition) is 2. The summed E-state index contributed by atoms with van der Waals surface area (Å²) < 4.78 is 12.8. The number of benzene rings is 5. The molecular weight excluding hydrogens is 1070 g/mol. The highest BCUT2D eigenvalue weighted by atomic mass is 35.5. The molecule has 382 valence electrons. The zero-order valence-electron chi connectivity index (χ0n) is 43.0. The number of methoxy groups -OCH3 is 1. The average Bonchev–Trinajstić information content (AvgIpc) is 4.23. The fourth-order valence-corrected chi connectivity index (χ4v) is 12.2. The Kier molecular flexibility index (Phi) is 13.0. The number of halogens is 6. The van der Waals surface area contributed by atoms with Crippen LogP contribution in [0.3, 0.4) is 0 Å². The Bertz CT molecular complexity index is 3950. The predicted molar refractivity (Wildman–Crippen MR) is 318 cm³/mol. The maximum absolute atomic E-state index is 14.0. The first-order valence-corrected chi connectivity index (χ1v) is 27.0. The number of H-pyrrole nitrogens is 2. The van der Waals surface area contributed by atoms with Crippen molar-refractivity contribution in [3.8, 4) is 56.0 Å². The number of esters is 1. The molecule has 76 heavy (non-hydrogen) atoms. The number of aromatic nitrogens is 4. The Morgan fingerprint density at radius 1 is 0.487 bits per heavy atom. The Hall–Kier alpha value is -6.29. The Labute approximate surface area is 471 Å². The number of fused-ring (bicyclic) bond motifs is 10. The monoisotopic (exact) mass is 1120 g/mol. The summed E-state index contributed by atoms with van der Waals surface area (Å²) in [4.78, 5) is 32.5. The van der Waals surface area contributed by atoms with E-state index in [-0.39, 0.29) is 10.8 Å². The van der Waals surface area contributed by atoms with E-state index >= 15 is 0 Å². The minimum absolute atomic E-state index is 0.294. The van der Waals surface area contributed by atoms with Crippen LogP contribution >= 0.6 is 69.6 Å². The lowest BCUT2D eigenvalue weighted by Crippen LogP contribution is -2.28. The molecule has 0 saturated heterocycles. The van der Waals surface area contributed by atoms with Gasteiger partial charge in [0.05, 0.1) is 60.0 Å². The number of rotatable bonds is 5. The van der Waals surface area contributed by atoms with Crippen molar-refractivity contribution in [2.45, 2.75) is 71.6 Å². The number of hydrogen-bond acceptors (Lipinski definition) is 5. The third kappa shape index (κ3) is 8.74. The molecule has 3 aliphatic rings. The van der Waals surface area contributed by atoms with Gasteiger partial charge in [-0.2, -0.15) is 0 Å². The van der Waals surface area contributed by atoms with E-state index in [2.05, 4.69) is 83.6 Å². The molecule has 13 heteroatoms. The molecule has 0 spiro atoms. The van der Waals surface area contributed by atoms with Crippen molar-refractivity contribution in [1.82, 2.24) is 19.9 Å². The number of carbonyl (C=O) groups excluding carboxylic acids is 1. The van der Waals surface area contributed by atoms with Gasteiger partial charge in [-0.3, -0.25) is 0 Å². The van der Waals surface area contributed by atoms with Crippen LogP contribution in [0.25, 0.3) is 90.9 Å². The normalized spacial score (nSPS) is 13.6. The molecule has 3 aromatic heterocycles. The first-order chi connectivity index (χ1) is 36.0. The van der Waals surface area contributed by atoms with Gasteiger partial charge < -0.3 is 19.4 Å². The van der Waals surface area contributed by atoms with Crippen molar-refractivity contribution >= 4 is 122 Å². The largest absolute Gasteiger partial charge is 0.465 e. The Balaban J connectivity index is 1.35. The smallest absolute Gasteiger partial charge is 0.341 e. The highest BCUT2D eigenvalue weighted by molar-refractivity contribution is 6.41. The van der Waals surface area contributed by atoms with Crippen LogP contribution in [-0.4, -0.2) is 33.0 Å². The molecule has 2 N–H and O–H groups in total. The minimum atomic E-state index is -0.687. The number of nitrogens with zero attached hydrogens (tertiary/aromatic N) is 2. The molecule has 0 aliphatic carbocycles. The third-order valence-corrected chi connectivity index (χ3v) is 16.4. The summed E-state index contributed by atoms with van der Waals surface area (Å²) in [5.74, 6) is 0.503. The molecule has 0 unspecified atom stereocenters. The van der Waals surface area contributed by atoms with Crippen LogP contribution in [0, 0.1) is 0 Å². The number of aromatic amines is 2. The summed E-state index contributed by atoms with van der Waals surface area (Å²) in [7, 11) is 1.39. The molecule has 0 saturated carbocycles. The lowest BCUT2D eigenvalue weighted by molar-refractivity contribution is 0.0597. The molecule has 0 radical (unpaired) electrons. The van der Waals surface area contributed by atoms with Crippen molar-refractivity contribution in [3.63, 3.8) is 0 Å². The number of carbonyl (C=O) groups is 1. The second kappa shape index (κ2) is 19.0. The summed E-state index contributed by atoms with van der Waals surface area (Å²) in [6.45, 7) is 17.4. The highest BCUT2D eigenvalue weighted by Gasteiger charge is 2.41. The second-order valence-electron chi connectivity index (χ2n) is 21.8. The van der Waals surface area contributed by atoms with Crippen LogP contribution in [0.15, 0.2) is 103 Å². The van der Waals surface area contributed by atoms with Crippen LogP contribution in [0.1, 0.15) is 111 Å².